The van der Waals surface area contributed by atoms with Gasteiger partial charge >= 0.3 is 12.4 Å². The molecule has 1 aromatic rings. The Bertz CT molecular complexity index is 310. The molecule has 0 aromatic heterocycles. The number of nitrogens with one attached hydrogen (secondary N) is 1. The average Bonchev–Trinajstić information content (AvgIpc) is 2.02. The maximum atomic E-state index is 11.6. The first-order valence-corrected chi connectivity index (χ1v) is 3.59. The van der Waals surface area contributed by atoms with Crippen molar-refractivity contribution in [2.75, 3.05) is 0 Å². The van der Waals surface area contributed by atoms with Crippen molar-refractivity contribution < 1.29 is 22.7 Å². The molecule has 1 rings (SSSR count). The lowest BCUT2D eigenvalue weighted by Gasteiger charge is -2.08. The van der Waals surface area contributed by atoms with Crippen molar-refractivity contribution >= 4 is 6.09 Å². The van der Waals surface area contributed by atoms with E-state index in [1.54, 1.807) is 6.07 Å². The highest BCUT2D eigenvalue weighted by Crippen LogP contribution is 2.12. The standard InChI is InChI=1S/C8H6F3NO2/c9-8(10,11)12-7(13)14-6-4-2-1-3-5-6/h1-5H,(H,12,13). The molecule has 0 fully saturated rings. The Hall–Kier alpha value is -1.72. The normalized spacial score (nSPS) is 10.8. The van der Waals surface area contributed by atoms with Gasteiger partial charge in [0.1, 0.15) is 5.75 Å². The lowest BCUT2D eigenvalue weighted by atomic mass is 10.3. The van der Waals surface area contributed by atoms with Crippen LogP contribution in [0.25, 0.3) is 0 Å². The molecule has 0 bridgehead atoms. The molecular formula is C8H6F3NO2. The van der Waals surface area contributed by atoms with Gasteiger partial charge < -0.3 is 4.74 Å². The summed E-state index contributed by atoms with van der Waals surface area (Å²) in [5.74, 6) is 0.0502. The van der Waals surface area contributed by atoms with Crippen LogP contribution in [0.15, 0.2) is 30.3 Å². The molecule has 1 amide bonds. The summed E-state index contributed by atoms with van der Waals surface area (Å²) in [6.07, 6.45) is -6.32. The number of amides is 1. The fraction of sp³-hybridized carbons (Fsp3) is 0.125. The van der Waals surface area contributed by atoms with Crippen LogP contribution in [-0.2, 0) is 0 Å². The molecule has 76 valence electrons. The van der Waals surface area contributed by atoms with Crippen molar-refractivity contribution in [3.05, 3.63) is 30.3 Å². The lowest BCUT2D eigenvalue weighted by molar-refractivity contribution is -0.148. The van der Waals surface area contributed by atoms with E-state index in [2.05, 4.69) is 4.74 Å². The van der Waals surface area contributed by atoms with Crippen LogP contribution in [0.3, 0.4) is 0 Å². The fourth-order valence-corrected chi connectivity index (χ4v) is 0.737. The summed E-state index contributed by atoms with van der Waals surface area (Å²) in [6, 6.07) is 7.47. The molecule has 1 aromatic carbocycles. The topological polar surface area (TPSA) is 38.3 Å². The van der Waals surface area contributed by atoms with Crippen molar-refractivity contribution in [1.82, 2.24) is 5.32 Å². The Balaban J connectivity index is 2.50. The number of carbonyl (C=O) groups excluding carboxylic acids is 1. The molecule has 0 saturated heterocycles. The molecule has 0 radical (unpaired) electrons. The monoisotopic (exact) mass is 205 g/mol. The Morgan fingerprint density at radius 1 is 1.21 bits per heavy atom. The van der Waals surface area contributed by atoms with E-state index in [0.29, 0.717) is 5.32 Å². The van der Waals surface area contributed by atoms with Gasteiger partial charge in [0.05, 0.1) is 0 Å². The lowest BCUT2D eigenvalue weighted by Crippen LogP contribution is -2.39. The maximum absolute atomic E-state index is 11.6. The first-order valence-electron chi connectivity index (χ1n) is 3.59. The molecule has 0 aliphatic heterocycles. The van der Waals surface area contributed by atoms with E-state index in [0.717, 1.165) is 0 Å². The van der Waals surface area contributed by atoms with Crippen LogP contribution in [0.1, 0.15) is 0 Å². The van der Waals surface area contributed by atoms with Crippen molar-refractivity contribution in [1.29, 1.82) is 0 Å². The molecule has 6 heteroatoms. The molecule has 0 spiro atoms. The molecule has 0 aliphatic rings. The highest BCUT2D eigenvalue weighted by molar-refractivity contribution is 5.70. The predicted molar refractivity (Wildman–Crippen MR) is 41.7 cm³/mol. The van der Waals surface area contributed by atoms with Gasteiger partial charge in [0, 0.05) is 0 Å². The summed E-state index contributed by atoms with van der Waals surface area (Å²) in [6.45, 7) is 0. The highest BCUT2D eigenvalue weighted by Gasteiger charge is 2.31. The Kier molecular flexibility index (Phi) is 2.95. The van der Waals surface area contributed by atoms with E-state index >= 15 is 0 Å². The average molecular weight is 205 g/mol. The zero-order valence-electron chi connectivity index (χ0n) is 6.84. The van der Waals surface area contributed by atoms with Crippen molar-refractivity contribution in [3.8, 4) is 5.75 Å². The van der Waals surface area contributed by atoms with Crippen LogP contribution in [-0.4, -0.2) is 12.4 Å². The van der Waals surface area contributed by atoms with Gasteiger partial charge in [0.25, 0.3) is 0 Å². The zero-order valence-corrected chi connectivity index (χ0v) is 6.84. The van der Waals surface area contributed by atoms with Crippen molar-refractivity contribution in [2.24, 2.45) is 0 Å². The third-order valence-electron chi connectivity index (χ3n) is 1.20. The second kappa shape index (κ2) is 3.99. The number of para-hydroxylation sites is 1. The largest absolute Gasteiger partial charge is 0.487 e. The van der Waals surface area contributed by atoms with Gasteiger partial charge in [-0.15, -0.1) is 0 Å². The van der Waals surface area contributed by atoms with E-state index in [1.165, 1.54) is 24.3 Å². The van der Waals surface area contributed by atoms with Gasteiger partial charge in [0.2, 0.25) is 0 Å². The fourth-order valence-electron chi connectivity index (χ4n) is 0.737. The molecule has 0 heterocycles. The first kappa shape index (κ1) is 10.4. The van der Waals surface area contributed by atoms with Crippen LogP contribution in [0, 0.1) is 0 Å². The first-order chi connectivity index (χ1) is 6.47. The number of halogens is 3. The minimum Gasteiger partial charge on any atom is -0.410 e. The van der Waals surface area contributed by atoms with Gasteiger partial charge in [0.15, 0.2) is 0 Å². The number of alkyl halides is 3. The van der Waals surface area contributed by atoms with Crippen LogP contribution in [0.2, 0.25) is 0 Å². The zero-order chi connectivity index (χ0) is 10.6. The van der Waals surface area contributed by atoms with Crippen molar-refractivity contribution in [2.45, 2.75) is 6.30 Å². The quantitative estimate of drug-likeness (QED) is 0.714. The molecular weight excluding hydrogens is 199 g/mol. The Morgan fingerprint density at radius 2 is 1.79 bits per heavy atom. The van der Waals surface area contributed by atoms with Crippen molar-refractivity contribution in [3.63, 3.8) is 0 Å². The molecule has 3 nitrogen and oxygen atoms in total. The number of benzene rings is 1. The van der Waals surface area contributed by atoms with Crippen LogP contribution in [0.4, 0.5) is 18.0 Å². The molecule has 0 unspecified atom stereocenters. The summed E-state index contributed by atoms with van der Waals surface area (Å²) >= 11 is 0. The van der Waals surface area contributed by atoms with Gasteiger partial charge in [-0.1, -0.05) is 18.2 Å². The van der Waals surface area contributed by atoms with Crippen LogP contribution < -0.4 is 10.1 Å². The van der Waals surface area contributed by atoms with Gasteiger partial charge in [-0.2, -0.15) is 13.2 Å². The summed E-state index contributed by atoms with van der Waals surface area (Å²) in [5.41, 5.74) is 0. The number of hydrogen-bond donors (Lipinski definition) is 1. The summed E-state index contributed by atoms with van der Waals surface area (Å²) in [5, 5.41) is 0.706. The molecule has 14 heavy (non-hydrogen) atoms. The summed E-state index contributed by atoms with van der Waals surface area (Å²) in [4.78, 5) is 10.6. The van der Waals surface area contributed by atoms with E-state index in [9.17, 15) is 18.0 Å². The van der Waals surface area contributed by atoms with E-state index in [-0.39, 0.29) is 5.75 Å². The Morgan fingerprint density at radius 3 is 2.29 bits per heavy atom. The second-order valence-electron chi connectivity index (χ2n) is 2.33. The van der Waals surface area contributed by atoms with Gasteiger partial charge in [-0.05, 0) is 12.1 Å². The molecule has 1 N–H and O–H groups in total. The predicted octanol–water partition coefficient (Wildman–Crippen LogP) is 2.29. The van der Waals surface area contributed by atoms with Gasteiger partial charge in [-0.25, -0.2) is 10.1 Å². The Labute approximate surface area is 77.5 Å². The molecule has 0 atom stereocenters. The summed E-state index contributed by atoms with van der Waals surface area (Å²) in [7, 11) is 0. The SMILES string of the molecule is O=C(NC(F)(F)F)Oc1ccccc1. The summed E-state index contributed by atoms with van der Waals surface area (Å²) < 4.78 is 39.1. The van der Waals surface area contributed by atoms with Crippen LogP contribution >= 0.6 is 0 Å². The number of hydrogen-bond acceptors (Lipinski definition) is 2. The second-order valence-corrected chi connectivity index (χ2v) is 2.33. The minimum atomic E-state index is -4.77. The number of rotatable bonds is 1. The van der Waals surface area contributed by atoms with E-state index < -0.39 is 12.4 Å². The van der Waals surface area contributed by atoms with E-state index in [4.69, 9.17) is 0 Å². The maximum Gasteiger partial charge on any atom is 0.487 e. The highest BCUT2D eigenvalue weighted by atomic mass is 19.4. The molecule has 0 saturated carbocycles. The third-order valence-corrected chi connectivity index (χ3v) is 1.20. The third kappa shape index (κ3) is 3.79. The molecule has 0 aliphatic carbocycles. The van der Waals surface area contributed by atoms with E-state index in [1.807, 2.05) is 0 Å². The van der Waals surface area contributed by atoms with Gasteiger partial charge in [-0.3, -0.25) is 0 Å². The number of carbonyl (C=O) groups is 1. The minimum absolute atomic E-state index is 0.0502. The van der Waals surface area contributed by atoms with Crippen LogP contribution in [0.5, 0.6) is 5.75 Å². The smallest absolute Gasteiger partial charge is 0.410 e. The number of ether oxygens (including phenoxy) is 1.